The number of hydrogen-bond acceptors (Lipinski definition) is 1. The van der Waals surface area contributed by atoms with Crippen LogP contribution < -0.4 is 0 Å². The Balaban J connectivity index is 2.11. The van der Waals surface area contributed by atoms with E-state index >= 15 is 0 Å². The van der Waals surface area contributed by atoms with Gasteiger partial charge in [-0.25, -0.2) is 0 Å². The van der Waals surface area contributed by atoms with Gasteiger partial charge in [0.1, 0.15) is 0 Å². The van der Waals surface area contributed by atoms with Crippen LogP contribution in [0.15, 0.2) is 54.6 Å². The van der Waals surface area contributed by atoms with E-state index in [4.69, 9.17) is 11.6 Å². The first-order valence-electron chi connectivity index (χ1n) is 5.39. The molecule has 0 bridgehead atoms. The Morgan fingerprint density at radius 2 is 1.61 bits per heavy atom. The van der Waals surface area contributed by atoms with Crippen molar-refractivity contribution < 1.29 is 4.79 Å². The second-order valence-corrected chi connectivity index (χ2v) is 5.44. The van der Waals surface area contributed by atoms with Gasteiger partial charge in [0.15, 0.2) is 5.78 Å². The van der Waals surface area contributed by atoms with Crippen LogP contribution in [-0.2, 0) is 0 Å². The van der Waals surface area contributed by atoms with Crippen LogP contribution >= 0.6 is 34.2 Å². The van der Waals surface area contributed by atoms with Gasteiger partial charge in [-0.05, 0) is 58.5 Å². The second-order valence-electron chi connectivity index (χ2n) is 3.76. The molecule has 0 radical (unpaired) electrons. The fourth-order valence-electron chi connectivity index (χ4n) is 1.46. The molecule has 2 aromatic rings. The summed E-state index contributed by atoms with van der Waals surface area (Å²) in [6.07, 6.45) is 3.36. The number of carbonyl (C=O) groups is 1. The molecule has 0 aromatic heterocycles. The Labute approximate surface area is 125 Å². The van der Waals surface area contributed by atoms with Crippen LogP contribution in [0.25, 0.3) is 6.08 Å². The SMILES string of the molecule is O=C(/C=C/c1ccc(Cl)cc1)c1ccc(I)cc1. The maximum absolute atomic E-state index is 11.9. The first-order chi connectivity index (χ1) is 8.65. The highest BCUT2D eigenvalue weighted by atomic mass is 127. The highest BCUT2D eigenvalue weighted by Gasteiger charge is 2.00. The molecule has 0 unspecified atom stereocenters. The molecule has 3 heteroatoms. The van der Waals surface area contributed by atoms with Gasteiger partial charge in [-0.3, -0.25) is 4.79 Å². The predicted molar refractivity (Wildman–Crippen MR) is 84.0 cm³/mol. The predicted octanol–water partition coefficient (Wildman–Crippen LogP) is 4.84. The minimum absolute atomic E-state index is 0.00125. The minimum Gasteiger partial charge on any atom is -0.289 e. The third-order valence-electron chi connectivity index (χ3n) is 2.43. The molecule has 0 amide bonds. The summed E-state index contributed by atoms with van der Waals surface area (Å²) in [7, 11) is 0. The molecule has 0 saturated heterocycles. The van der Waals surface area contributed by atoms with Gasteiger partial charge in [-0.2, -0.15) is 0 Å². The largest absolute Gasteiger partial charge is 0.289 e. The highest BCUT2D eigenvalue weighted by Crippen LogP contribution is 2.12. The summed E-state index contributed by atoms with van der Waals surface area (Å²) >= 11 is 8.01. The van der Waals surface area contributed by atoms with E-state index in [1.807, 2.05) is 36.4 Å². The summed E-state index contributed by atoms with van der Waals surface area (Å²) < 4.78 is 1.12. The maximum atomic E-state index is 11.9. The lowest BCUT2D eigenvalue weighted by molar-refractivity contribution is 0.104. The molecule has 2 aromatic carbocycles. The monoisotopic (exact) mass is 368 g/mol. The average molecular weight is 369 g/mol. The summed E-state index contributed by atoms with van der Waals surface area (Å²) in [6.45, 7) is 0. The van der Waals surface area contributed by atoms with E-state index in [1.54, 1.807) is 24.3 Å². The lowest BCUT2D eigenvalue weighted by Crippen LogP contribution is -1.93. The summed E-state index contributed by atoms with van der Waals surface area (Å²) in [5, 5.41) is 0.691. The number of ketones is 1. The molecule has 0 aliphatic rings. The molecule has 0 aliphatic heterocycles. The standard InChI is InChI=1S/C15H10ClIO/c16-13-6-1-11(2-7-13)3-10-15(18)12-4-8-14(17)9-5-12/h1-10H/b10-3+. The van der Waals surface area contributed by atoms with Gasteiger partial charge in [0.05, 0.1) is 0 Å². The van der Waals surface area contributed by atoms with Crippen molar-refractivity contribution in [2.45, 2.75) is 0 Å². The van der Waals surface area contributed by atoms with Crippen LogP contribution in [0.1, 0.15) is 15.9 Å². The molecule has 0 fully saturated rings. The maximum Gasteiger partial charge on any atom is 0.185 e. The molecule has 1 nitrogen and oxygen atoms in total. The van der Waals surface area contributed by atoms with Crippen molar-refractivity contribution >= 4 is 46.1 Å². The molecule has 0 aliphatic carbocycles. The van der Waals surface area contributed by atoms with Gasteiger partial charge in [-0.15, -0.1) is 0 Å². The topological polar surface area (TPSA) is 17.1 Å². The van der Waals surface area contributed by atoms with Crippen molar-refractivity contribution in [3.8, 4) is 0 Å². The summed E-state index contributed by atoms with van der Waals surface area (Å²) in [4.78, 5) is 11.9. The minimum atomic E-state index is 0.00125. The number of allylic oxidation sites excluding steroid dienone is 1. The molecular weight excluding hydrogens is 359 g/mol. The number of halogens is 2. The van der Waals surface area contributed by atoms with E-state index in [1.165, 1.54) is 0 Å². The van der Waals surface area contributed by atoms with E-state index in [2.05, 4.69) is 22.6 Å². The van der Waals surface area contributed by atoms with Crippen LogP contribution in [0, 0.1) is 3.57 Å². The Hall–Kier alpha value is -1.13. The van der Waals surface area contributed by atoms with Gasteiger partial charge >= 0.3 is 0 Å². The first-order valence-corrected chi connectivity index (χ1v) is 6.84. The molecular formula is C15H10ClIO. The van der Waals surface area contributed by atoms with E-state index < -0.39 is 0 Å². The summed E-state index contributed by atoms with van der Waals surface area (Å²) in [6, 6.07) is 14.9. The molecule has 0 N–H and O–H groups in total. The van der Waals surface area contributed by atoms with Crippen molar-refractivity contribution in [3.05, 3.63) is 74.3 Å². The number of benzene rings is 2. The second kappa shape index (κ2) is 6.16. The zero-order valence-corrected chi connectivity index (χ0v) is 12.4. The Morgan fingerprint density at radius 1 is 1.00 bits per heavy atom. The van der Waals surface area contributed by atoms with Crippen LogP contribution in [0.3, 0.4) is 0 Å². The molecule has 2 rings (SSSR count). The lowest BCUT2D eigenvalue weighted by Gasteiger charge is -1.96. The number of carbonyl (C=O) groups excluding carboxylic acids is 1. The third-order valence-corrected chi connectivity index (χ3v) is 3.40. The van der Waals surface area contributed by atoms with Crippen molar-refractivity contribution in [2.24, 2.45) is 0 Å². The smallest absolute Gasteiger partial charge is 0.185 e. The van der Waals surface area contributed by atoms with Crippen LogP contribution in [-0.4, -0.2) is 5.78 Å². The highest BCUT2D eigenvalue weighted by molar-refractivity contribution is 14.1. The van der Waals surface area contributed by atoms with E-state index in [-0.39, 0.29) is 5.78 Å². The van der Waals surface area contributed by atoms with E-state index in [0.717, 1.165) is 9.13 Å². The summed E-state index contributed by atoms with van der Waals surface area (Å²) in [5.74, 6) is 0.00125. The normalized spacial score (nSPS) is 10.8. The average Bonchev–Trinajstić information content (AvgIpc) is 2.38. The first kappa shape index (κ1) is 13.3. The van der Waals surface area contributed by atoms with Crippen LogP contribution in [0.4, 0.5) is 0 Å². The number of rotatable bonds is 3. The number of hydrogen-bond donors (Lipinski definition) is 0. The van der Waals surface area contributed by atoms with Crippen molar-refractivity contribution in [2.75, 3.05) is 0 Å². The fraction of sp³-hybridized carbons (Fsp3) is 0. The zero-order valence-electron chi connectivity index (χ0n) is 9.44. The fourth-order valence-corrected chi connectivity index (χ4v) is 1.94. The van der Waals surface area contributed by atoms with Crippen LogP contribution in [0.5, 0.6) is 0 Å². The van der Waals surface area contributed by atoms with Crippen LogP contribution in [0.2, 0.25) is 5.02 Å². The van der Waals surface area contributed by atoms with Gasteiger partial charge in [0.25, 0.3) is 0 Å². The van der Waals surface area contributed by atoms with E-state index in [0.29, 0.717) is 10.6 Å². The third kappa shape index (κ3) is 3.68. The van der Waals surface area contributed by atoms with Crippen molar-refractivity contribution in [3.63, 3.8) is 0 Å². The Morgan fingerprint density at radius 3 is 2.22 bits per heavy atom. The van der Waals surface area contributed by atoms with E-state index in [9.17, 15) is 4.79 Å². The van der Waals surface area contributed by atoms with Gasteiger partial charge in [0, 0.05) is 14.2 Å². The van der Waals surface area contributed by atoms with Crippen molar-refractivity contribution in [1.82, 2.24) is 0 Å². The lowest BCUT2D eigenvalue weighted by atomic mass is 10.1. The van der Waals surface area contributed by atoms with Gasteiger partial charge in [-0.1, -0.05) is 41.9 Å². The molecule has 90 valence electrons. The molecule has 18 heavy (non-hydrogen) atoms. The quantitative estimate of drug-likeness (QED) is 0.430. The van der Waals surface area contributed by atoms with Crippen molar-refractivity contribution in [1.29, 1.82) is 0 Å². The molecule has 0 heterocycles. The molecule has 0 spiro atoms. The molecule has 0 saturated carbocycles. The summed E-state index contributed by atoms with van der Waals surface area (Å²) in [5.41, 5.74) is 1.65. The Kier molecular flexibility index (Phi) is 4.55. The Bertz CT molecular complexity index is 570. The zero-order chi connectivity index (χ0) is 13.0. The molecule has 0 atom stereocenters. The van der Waals surface area contributed by atoms with Gasteiger partial charge in [0.2, 0.25) is 0 Å². The van der Waals surface area contributed by atoms with Gasteiger partial charge < -0.3 is 0 Å².